The second kappa shape index (κ2) is 6.95. The van der Waals surface area contributed by atoms with Crippen LogP contribution < -0.4 is 10.6 Å². The van der Waals surface area contributed by atoms with E-state index in [1.807, 2.05) is 19.1 Å². The lowest BCUT2D eigenvalue weighted by molar-refractivity contribution is -0.144. The van der Waals surface area contributed by atoms with E-state index in [0.717, 1.165) is 11.1 Å². The predicted octanol–water partition coefficient (Wildman–Crippen LogP) is 0.263. The summed E-state index contributed by atoms with van der Waals surface area (Å²) in [6.45, 7) is 5.25. The number of carbonyl (C=O) groups is 3. The second-order valence-corrected chi connectivity index (χ2v) is 7.01. The van der Waals surface area contributed by atoms with E-state index in [-0.39, 0.29) is 12.1 Å². The van der Waals surface area contributed by atoms with Crippen molar-refractivity contribution in [1.29, 1.82) is 0 Å². The first-order chi connectivity index (χ1) is 13.4. The molecular formula is C18H21N7O3. The number of nitrogens with zero attached hydrogens (tertiary/aromatic N) is 4. The van der Waals surface area contributed by atoms with Crippen LogP contribution in [0.15, 0.2) is 18.2 Å². The standard InChI is InChI=1S/C18H21N7O3/c1-10-3-4-12(15-20-11(2)22-23-15)7-14(10)21-16(26)17(27)24-5-6-25-13(9-24)8-19-18(25)28/h3-4,7,13H,5-6,8-9H2,1-2H3,(H,19,28)(H,21,26)(H,20,22,23). The fraction of sp³-hybridized carbons (Fsp3) is 0.389. The number of fused-ring (bicyclic) bond motifs is 1. The molecule has 0 bridgehead atoms. The average molecular weight is 383 g/mol. The average Bonchev–Trinajstić information content (AvgIpc) is 3.28. The van der Waals surface area contributed by atoms with E-state index in [2.05, 4.69) is 25.8 Å². The van der Waals surface area contributed by atoms with Gasteiger partial charge in [0.1, 0.15) is 5.82 Å². The number of aromatic amines is 1. The van der Waals surface area contributed by atoms with Crippen LogP contribution in [0.3, 0.4) is 0 Å². The van der Waals surface area contributed by atoms with Crippen LogP contribution in [0.5, 0.6) is 0 Å². The van der Waals surface area contributed by atoms with Crippen LogP contribution in [0.25, 0.3) is 11.4 Å². The third-order valence-corrected chi connectivity index (χ3v) is 5.06. The third-order valence-electron chi connectivity index (χ3n) is 5.06. The molecule has 2 aromatic rings. The Balaban J connectivity index is 1.46. The molecule has 28 heavy (non-hydrogen) atoms. The number of hydrogen-bond acceptors (Lipinski definition) is 5. The van der Waals surface area contributed by atoms with Crippen LogP contribution in [0.2, 0.25) is 0 Å². The number of aryl methyl sites for hydroxylation is 2. The minimum absolute atomic E-state index is 0.0861. The molecule has 3 N–H and O–H groups in total. The van der Waals surface area contributed by atoms with E-state index < -0.39 is 11.8 Å². The van der Waals surface area contributed by atoms with Gasteiger partial charge in [-0.15, -0.1) is 0 Å². The molecule has 4 amide bonds. The van der Waals surface area contributed by atoms with E-state index in [0.29, 0.717) is 43.5 Å². The molecular weight excluding hydrogens is 362 g/mol. The Kier molecular flexibility index (Phi) is 4.46. The molecule has 0 spiro atoms. The molecule has 4 rings (SSSR count). The van der Waals surface area contributed by atoms with Gasteiger partial charge in [0, 0.05) is 37.4 Å². The highest BCUT2D eigenvalue weighted by atomic mass is 16.2. The lowest BCUT2D eigenvalue weighted by atomic mass is 10.1. The predicted molar refractivity (Wildman–Crippen MR) is 100 cm³/mol. The van der Waals surface area contributed by atoms with E-state index in [4.69, 9.17) is 0 Å². The minimum Gasteiger partial charge on any atom is -0.336 e. The number of amides is 4. The van der Waals surface area contributed by atoms with E-state index >= 15 is 0 Å². The number of piperazine rings is 1. The van der Waals surface area contributed by atoms with E-state index in [1.54, 1.807) is 17.9 Å². The van der Waals surface area contributed by atoms with Crippen molar-refractivity contribution in [3.63, 3.8) is 0 Å². The fourth-order valence-corrected chi connectivity index (χ4v) is 3.48. The zero-order valence-corrected chi connectivity index (χ0v) is 15.7. The number of rotatable bonds is 2. The van der Waals surface area contributed by atoms with Gasteiger partial charge in [0.2, 0.25) is 0 Å². The number of aromatic nitrogens is 3. The van der Waals surface area contributed by atoms with Crippen molar-refractivity contribution in [2.24, 2.45) is 0 Å². The molecule has 1 atom stereocenters. The third kappa shape index (κ3) is 3.28. The van der Waals surface area contributed by atoms with Crippen LogP contribution in [0.4, 0.5) is 10.5 Å². The molecule has 1 aromatic heterocycles. The lowest BCUT2D eigenvalue weighted by Crippen LogP contribution is -2.55. The van der Waals surface area contributed by atoms with Crippen LogP contribution in [0, 0.1) is 13.8 Å². The Morgan fingerprint density at radius 2 is 2.07 bits per heavy atom. The molecule has 2 saturated heterocycles. The van der Waals surface area contributed by atoms with Crippen molar-refractivity contribution >= 4 is 23.5 Å². The number of hydrogen-bond donors (Lipinski definition) is 3. The van der Waals surface area contributed by atoms with Gasteiger partial charge in [0.15, 0.2) is 5.82 Å². The maximum Gasteiger partial charge on any atom is 0.317 e. The largest absolute Gasteiger partial charge is 0.336 e. The summed E-state index contributed by atoms with van der Waals surface area (Å²) in [6.07, 6.45) is 0. The number of nitrogens with one attached hydrogen (secondary N) is 3. The van der Waals surface area contributed by atoms with Crippen molar-refractivity contribution in [3.8, 4) is 11.4 Å². The molecule has 0 aliphatic carbocycles. The van der Waals surface area contributed by atoms with Gasteiger partial charge < -0.3 is 20.4 Å². The maximum atomic E-state index is 12.6. The van der Waals surface area contributed by atoms with Gasteiger partial charge in [0.05, 0.1) is 6.04 Å². The van der Waals surface area contributed by atoms with Gasteiger partial charge in [-0.25, -0.2) is 9.78 Å². The van der Waals surface area contributed by atoms with Crippen molar-refractivity contribution in [1.82, 2.24) is 30.3 Å². The summed E-state index contributed by atoms with van der Waals surface area (Å²) in [5.74, 6) is -0.0843. The van der Waals surface area contributed by atoms with Gasteiger partial charge >= 0.3 is 17.8 Å². The lowest BCUT2D eigenvalue weighted by Gasteiger charge is -2.35. The molecule has 146 valence electrons. The Morgan fingerprint density at radius 1 is 1.25 bits per heavy atom. The summed E-state index contributed by atoms with van der Waals surface area (Å²) >= 11 is 0. The van der Waals surface area contributed by atoms with Gasteiger partial charge in [-0.3, -0.25) is 14.7 Å². The highest BCUT2D eigenvalue weighted by Gasteiger charge is 2.38. The highest BCUT2D eigenvalue weighted by Crippen LogP contribution is 2.23. The van der Waals surface area contributed by atoms with Gasteiger partial charge in [-0.2, -0.15) is 5.10 Å². The molecule has 0 radical (unpaired) electrons. The summed E-state index contributed by atoms with van der Waals surface area (Å²) in [4.78, 5) is 44.3. The Labute approximate surface area is 161 Å². The summed E-state index contributed by atoms with van der Waals surface area (Å²) in [6, 6.07) is 5.25. The summed E-state index contributed by atoms with van der Waals surface area (Å²) in [5, 5.41) is 12.4. The zero-order valence-electron chi connectivity index (χ0n) is 15.7. The first kappa shape index (κ1) is 18.0. The molecule has 2 aliphatic rings. The minimum atomic E-state index is -0.697. The van der Waals surface area contributed by atoms with Crippen molar-refractivity contribution in [2.45, 2.75) is 19.9 Å². The van der Waals surface area contributed by atoms with Crippen molar-refractivity contribution < 1.29 is 14.4 Å². The number of urea groups is 1. The number of H-pyrrole nitrogens is 1. The van der Waals surface area contributed by atoms with Crippen LogP contribution >= 0.6 is 0 Å². The molecule has 2 fully saturated rings. The van der Waals surface area contributed by atoms with Gasteiger partial charge in [-0.05, 0) is 25.5 Å². The van der Waals surface area contributed by atoms with Crippen LogP contribution in [-0.2, 0) is 9.59 Å². The number of carbonyl (C=O) groups excluding carboxylic acids is 3. The summed E-state index contributed by atoms with van der Waals surface area (Å²) < 4.78 is 0. The molecule has 10 heteroatoms. The first-order valence-electron chi connectivity index (χ1n) is 9.07. The Hall–Kier alpha value is -3.43. The fourth-order valence-electron chi connectivity index (χ4n) is 3.48. The summed E-state index contributed by atoms with van der Waals surface area (Å²) in [5.41, 5.74) is 2.10. The SMILES string of the molecule is Cc1nc(-c2ccc(C)c(NC(=O)C(=O)N3CCN4C(=O)NCC4C3)c2)n[nH]1. The second-order valence-electron chi connectivity index (χ2n) is 7.01. The summed E-state index contributed by atoms with van der Waals surface area (Å²) in [7, 11) is 0. The van der Waals surface area contributed by atoms with Gasteiger partial charge in [-0.1, -0.05) is 12.1 Å². The Morgan fingerprint density at radius 3 is 2.82 bits per heavy atom. The van der Waals surface area contributed by atoms with Crippen LogP contribution in [0.1, 0.15) is 11.4 Å². The smallest absolute Gasteiger partial charge is 0.317 e. The molecule has 1 aromatic carbocycles. The first-order valence-corrected chi connectivity index (χ1v) is 9.07. The monoisotopic (exact) mass is 383 g/mol. The van der Waals surface area contributed by atoms with Crippen LogP contribution in [-0.4, -0.2) is 75.0 Å². The molecule has 10 nitrogen and oxygen atoms in total. The highest BCUT2D eigenvalue weighted by molar-refractivity contribution is 6.39. The topological polar surface area (TPSA) is 123 Å². The van der Waals surface area contributed by atoms with Gasteiger partial charge in [0.25, 0.3) is 0 Å². The normalized spacial score (nSPS) is 18.6. The number of anilines is 1. The molecule has 3 heterocycles. The van der Waals surface area contributed by atoms with E-state index in [9.17, 15) is 14.4 Å². The number of benzene rings is 1. The maximum absolute atomic E-state index is 12.6. The van der Waals surface area contributed by atoms with Crippen molar-refractivity contribution in [3.05, 3.63) is 29.6 Å². The molecule has 2 aliphatic heterocycles. The molecule has 1 unspecified atom stereocenters. The Bertz CT molecular complexity index is 954. The van der Waals surface area contributed by atoms with Crippen molar-refractivity contribution in [2.75, 3.05) is 31.5 Å². The quantitative estimate of drug-likeness (QED) is 0.642. The zero-order chi connectivity index (χ0) is 19.8. The molecule has 0 saturated carbocycles. The van der Waals surface area contributed by atoms with E-state index in [1.165, 1.54) is 4.90 Å².